The number of hydrogen-bond donors (Lipinski definition) is 2. The minimum Gasteiger partial charge on any atom is -0.478 e. The van der Waals surface area contributed by atoms with Crippen molar-refractivity contribution in [2.24, 2.45) is 0 Å². The molecule has 4 nitrogen and oxygen atoms in total. The molecule has 16 heavy (non-hydrogen) atoms. The fourth-order valence-corrected chi connectivity index (χ4v) is 1.56. The molecule has 0 aromatic heterocycles. The highest BCUT2D eigenvalue weighted by atomic mass is 16.4. The number of nitrogens with two attached hydrogens (primary N) is 1. The number of anilines is 1. The topological polar surface area (TPSA) is 66.6 Å². The van der Waals surface area contributed by atoms with Gasteiger partial charge in [0.25, 0.3) is 0 Å². The lowest BCUT2D eigenvalue weighted by atomic mass is 10.1. The Bertz CT molecular complexity index is 373. The van der Waals surface area contributed by atoms with Crippen LogP contribution in [-0.4, -0.2) is 29.1 Å². The first kappa shape index (κ1) is 12.5. The largest absolute Gasteiger partial charge is 0.478 e. The average molecular weight is 222 g/mol. The molecule has 0 amide bonds. The van der Waals surface area contributed by atoms with E-state index in [9.17, 15) is 4.79 Å². The smallest absolute Gasteiger partial charge is 0.335 e. The summed E-state index contributed by atoms with van der Waals surface area (Å²) >= 11 is 0. The number of nitrogen functional groups attached to an aromatic ring is 1. The highest BCUT2D eigenvalue weighted by Crippen LogP contribution is 2.16. The molecule has 4 heteroatoms. The molecule has 0 fully saturated rings. The first-order valence-electron chi connectivity index (χ1n) is 5.42. The van der Waals surface area contributed by atoms with Crippen molar-refractivity contribution in [3.8, 4) is 0 Å². The summed E-state index contributed by atoms with van der Waals surface area (Å²) in [5.74, 6) is -0.943. The Morgan fingerprint density at radius 2 is 2.00 bits per heavy atom. The third-order valence-electron chi connectivity index (χ3n) is 2.68. The Morgan fingerprint density at radius 1 is 1.38 bits per heavy atom. The van der Waals surface area contributed by atoms with E-state index in [1.54, 1.807) is 12.1 Å². The van der Waals surface area contributed by atoms with Crippen LogP contribution < -0.4 is 5.73 Å². The van der Waals surface area contributed by atoms with Crippen LogP contribution in [0.4, 0.5) is 5.69 Å². The molecule has 0 radical (unpaired) electrons. The standard InChI is InChI=1S/C12H18N2O2/c1-3-14(4-2)8-10-6-5-9(12(15)16)7-11(10)13/h5-7H,3-4,8,13H2,1-2H3,(H,15,16). The molecule has 0 atom stereocenters. The second-order valence-corrected chi connectivity index (χ2v) is 3.68. The van der Waals surface area contributed by atoms with Crippen molar-refractivity contribution in [1.29, 1.82) is 0 Å². The monoisotopic (exact) mass is 222 g/mol. The molecule has 0 aliphatic carbocycles. The zero-order valence-electron chi connectivity index (χ0n) is 9.73. The van der Waals surface area contributed by atoms with Crippen LogP contribution in [0.15, 0.2) is 18.2 Å². The van der Waals surface area contributed by atoms with Gasteiger partial charge in [-0.15, -0.1) is 0 Å². The van der Waals surface area contributed by atoms with Gasteiger partial charge in [-0.1, -0.05) is 19.9 Å². The number of carboxylic acid groups (broad SMARTS) is 1. The predicted molar refractivity (Wildman–Crippen MR) is 64.4 cm³/mol. The Balaban J connectivity index is 2.86. The minimum atomic E-state index is -0.943. The van der Waals surface area contributed by atoms with E-state index in [1.165, 1.54) is 6.07 Å². The van der Waals surface area contributed by atoms with Crippen LogP contribution in [0.25, 0.3) is 0 Å². The summed E-state index contributed by atoms with van der Waals surface area (Å²) < 4.78 is 0. The summed E-state index contributed by atoms with van der Waals surface area (Å²) in [5, 5.41) is 8.81. The Morgan fingerprint density at radius 3 is 2.44 bits per heavy atom. The molecule has 3 N–H and O–H groups in total. The number of aromatic carboxylic acids is 1. The predicted octanol–water partition coefficient (Wildman–Crippen LogP) is 1.81. The summed E-state index contributed by atoms with van der Waals surface area (Å²) in [6.45, 7) is 6.85. The van der Waals surface area contributed by atoms with Crippen molar-refractivity contribution in [2.75, 3.05) is 18.8 Å². The second-order valence-electron chi connectivity index (χ2n) is 3.68. The van der Waals surface area contributed by atoms with Crippen LogP contribution in [0.3, 0.4) is 0 Å². The molecule has 1 aromatic carbocycles. The van der Waals surface area contributed by atoms with Crippen LogP contribution in [0, 0.1) is 0 Å². The fraction of sp³-hybridized carbons (Fsp3) is 0.417. The van der Waals surface area contributed by atoms with Crippen molar-refractivity contribution in [1.82, 2.24) is 4.90 Å². The highest BCUT2D eigenvalue weighted by Gasteiger charge is 2.08. The number of carbonyl (C=O) groups is 1. The number of nitrogens with zero attached hydrogens (tertiary/aromatic N) is 1. The average Bonchev–Trinajstić information content (AvgIpc) is 2.27. The number of carboxylic acids is 1. The molecule has 0 unspecified atom stereocenters. The van der Waals surface area contributed by atoms with Gasteiger partial charge in [-0.05, 0) is 30.8 Å². The van der Waals surface area contributed by atoms with Gasteiger partial charge in [0.1, 0.15) is 0 Å². The first-order chi connectivity index (χ1) is 7.58. The third-order valence-corrected chi connectivity index (χ3v) is 2.68. The molecule has 0 aliphatic rings. The summed E-state index contributed by atoms with van der Waals surface area (Å²) in [5.41, 5.74) is 7.59. The SMILES string of the molecule is CCN(CC)Cc1ccc(C(=O)O)cc1N. The first-order valence-corrected chi connectivity index (χ1v) is 5.42. The molecular formula is C12H18N2O2. The van der Waals surface area contributed by atoms with Gasteiger partial charge in [0.2, 0.25) is 0 Å². The zero-order valence-corrected chi connectivity index (χ0v) is 9.73. The van der Waals surface area contributed by atoms with Crippen molar-refractivity contribution in [3.05, 3.63) is 29.3 Å². The number of benzene rings is 1. The van der Waals surface area contributed by atoms with Gasteiger partial charge in [-0.3, -0.25) is 4.90 Å². The van der Waals surface area contributed by atoms with E-state index in [2.05, 4.69) is 18.7 Å². The van der Waals surface area contributed by atoms with Crippen LogP contribution in [-0.2, 0) is 6.54 Å². The van der Waals surface area contributed by atoms with E-state index in [0.717, 1.165) is 25.2 Å². The molecule has 1 aromatic rings. The van der Waals surface area contributed by atoms with Crippen LogP contribution in [0.5, 0.6) is 0 Å². The van der Waals surface area contributed by atoms with Crippen molar-refractivity contribution in [3.63, 3.8) is 0 Å². The lowest BCUT2D eigenvalue weighted by Gasteiger charge is -2.19. The molecule has 0 saturated carbocycles. The van der Waals surface area contributed by atoms with Crippen LogP contribution >= 0.6 is 0 Å². The van der Waals surface area contributed by atoms with Crippen molar-refractivity contribution in [2.45, 2.75) is 20.4 Å². The molecule has 0 aliphatic heterocycles. The quantitative estimate of drug-likeness (QED) is 0.746. The van der Waals surface area contributed by atoms with Gasteiger partial charge in [-0.2, -0.15) is 0 Å². The van der Waals surface area contributed by atoms with Gasteiger partial charge in [-0.25, -0.2) is 4.79 Å². The Kier molecular flexibility index (Phi) is 4.31. The minimum absolute atomic E-state index is 0.237. The molecular weight excluding hydrogens is 204 g/mol. The maximum Gasteiger partial charge on any atom is 0.335 e. The second kappa shape index (κ2) is 5.51. The summed E-state index contributed by atoms with van der Waals surface area (Å²) in [7, 11) is 0. The van der Waals surface area contributed by atoms with E-state index < -0.39 is 5.97 Å². The van der Waals surface area contributed by atoms with Gasteiger partial charge >= 0.3 is 5.97 Å². The summed E-state index contributed by atoms with van der Waals surface area (Å²) in [6, 6.07) is 4.90. The summed E-state index contributed by atoms with van der Waals surface area (Å²) in [4.78, 5) is 13.0. The molecule has 0 spiro atoms. The molecule has 88 valence electrons. The molecule has 0 bridgehead atoms. The van der Waals surface area contributed by atoms with Gasteiger partial charge < -0.3 is 10.8 Å². The molecule has 0 heterocycles. The van der Waals surface area contributed by atoms with Crippen molar-refractivity contribution < 1.29 is 9.90 Å². The van der Waals surface area contributed by atoms with Crippen LogP contribution in [0.2, 0.25) is 0 Å². The fourth-order valence-electron chi connectivity index (χ4n) is 1.56. The summed E-state index contributed by atoms with van der Waals surface area (Å²) in [6.07, 6.45) is 0. The third kappa shape index (κ3) is 2.97. The van der Waals surface area contributed by atoms with E-state index in [-0.39, 0.29) is 5.56 Å². The zero-order chi connectivity index (χ0) is 12.1. The highest BCUT2D eigenvalue weighted by molar-refractivity contribution is 5.88. The molecule has 1 rings (SSSR count). The van der Waals surface area contributed by atoms with E-state index >= 15 is 0 Å². The molecule has 0 saturated heterocycles. The van der Waals surface area contributed by atoms with Gasteiger partial charge in [0.05, 0.1) is 5.56 Å². The Hall–Kier alpha value is -1.55. The maximum atomic E-state index is 10.7. The van der Waals surface area contributed by atoms with E-state index in [4.69, 9.17) is 10.8 Å². The Labute approximate surface area is 95.7 Å². The maximum absolute atomic E-state index is 10.7. The number of hydrogen-bond acceptors (Lipinski definition) is 3. The lowest BCUT2D eigenvalue weighted by Crippen LogP contribution is -2.22. The van der Waals surface area contributed by atoms with Gasteiger partial charge in [0, 0.05) is 12.2 Å². The van der Waals surface area contributed by atoms with Crippen molar-refractivity contribution >= 4 is 11.7 Å². The number of rotatable bonds is 5. The van der Waals surface area contributed by atoms with Gasteiger partial charge in [0.15, 0.2) is 0 Å². The lowest BCUT2D eigenvalue weighted by molar-refractivity contribution is 0.0697. The van der Waals surface area contributed by atoms with E-state index in [1.807, 2.05) is 0 Å². The van der Waals surface area contributed by atoms with Crippen LogP contribution in [0.1, 0.15) is 29.8 Å². The van der Waals surface area contributed by atoms with E-state index in [0.29, 0.717) is 5.69 Å². The normalized spacial score (nSPS) is 10.7.